The lowest BCUT2D eigenvalue weighted by molar-refractivity contribution is -0.123. The predicted octanol–water partition coefficient (Wildman–Crippen LogP) is 3.51. The third kappa shape index (κ3) is 3.37. The maximum absolute atomic E-state index is 12.1. The van der Waals surface area contributed by atoms with E-state index in [1.54, 1.807) is 0 Å². The molecule has 2 aliphatic rings. The number of amides is 1. The van der Waals surface area contributed by atoms with Crippen LogP contribution in [0.2, 0.25) is 0 Å². The Hall–Kier alpha value is -2.10. The van der Waals surface area contributed by atoms with Crippen LogP contribution in [0.5, 0.6) is 0 Å². The van der Waals surface area contributed by atoms with E-state index in [1.165, 1.54) is 11.8 Å². The van der Waals surface area contributed by atoms with Crippen molar-refractivity contribution >= 4 is 22.6 Å². The van der Waals surface area contributed by atoms with Gasteiger partial charge in [0.25, 0.3) is 0 Å². The zero-order valence-electron chi connectivity index (χ0n) is 14.1. The average Bonchev–Trinajstić information content (AvgIpc) is 2.58. The molecule has 1 saturated heterocycles. The van der Waals surface area contributed by atoms with Gasteiger partial charge in [0.05, 0.1) is 5.52 Å². The Morgan fingerprint density at radius 2 is 1.88 bits per heavy atom. The molecule has 4 rings (SSSR count). The standard InChI is InChI=1S/C20H25N3O/c24-20(21-17-5-3-6-17)14-15-10-12-23(13-11-15)19-9-8-16-4-1-2-7-18(16)22-19/h1-2,4,7-9,15,17H,3,5-6,10-14H2,(H,21,24). The quantitative estimate of drug-likeness (QED) is 0.936. The number of pyridine rings is 1. The number of hydrogen-bond donors (Lipinski definition) is 1. The number of aromatic nitrogens is 1. The van der Waals surface area contributed by atoms with E-state index in [-0.39, 0.29) is 5.91 Å². The molecule has 0 spiro atoms. The summed E-state index contributed by atoms with van der Waals surface area (Å²) in [5, 5.41) is 4.35. The van der Waals surface area contributed by atoms with Gasteiger partial charge >= 0.3 is 0 Å². The number of nitrogens with one attached hydrogen (secondary N) is 1. The molecule has 24 heavy (non-hydrogen) atoms. The molecule has 0 atom stereocenters. The summed E-state index contributed by atoms with van der Waals surface area (Å²) in [7, 11) is 0. The molecule has 1 aliphatic carbocycles. The topological polar surface area (TPSA) is 45.2 Å². The van der Waals surface area contributed by atoms with Gasteiger partial charge in [-0.05, 0) is 56.2 Å². The summed E-state index contributed by atoms with van der Waals surface area (Å²) in [6, 6.07) is 13.0. The lowest BCUT2D eigenvalue weighted by Gasteiger charge is -2.33. The minimum absolute atomic E-state index is 0.252. The number of anilines is 1. The molecule has 4 nitrogen and oxygen atoms in total. The smallest absolute Gasteiger partial charge is 0.220 e. The van der Waals surface area contributed by atoms with Crippen molar-refractivity contribution in [1.82, 2.24) is 10.3 Å². The van der Waals surface area contributed by atoms with Gasteiger partial charge in [-0.15, -0.1) is 0 Å². The fourth-order valence-corrected chi connectivity index (χ4v) is 3.70. The fourth-order valence-electron chi connectivity index (χ4n) is 3.70. The summed E-state index contributed by atoms with van der Waals surface area (Å²) in [4.78, 5) is 19.2. The van der Waals surface area contributed by atoms with Gasteiger partial charge in [0, 0.05) is 30.9 Å². The summed E-state index contributed by atoms with van der Waals surface area (Å²) in [5.74, 6) is 1.83. The number of nitrogens with zero attached hydrogens (tertiary/aromatic N) is 2. The molecule has 2 aromatic rings. The molecule has 126 valence electrons. The van der Waals surface area contributed by atoms with Crippen LogP contribution >= 0.6 is 0 Å². The number of benzene rings is 1. The van der Waals surface area contributed by atoms with Crippen LogP contribution in [0.3, 0.4) is 0 Å². The van der Waals surface area contributed by atoms with Crippen LogP contribution < -0.4 is 10.2 Å². The molecule has 1 amide bonds. The van der Waals surface area contributed by atoms with E-state index in [0.29, 0.717) is 18.4 Å². The zero-order chi connectivity index (χ0) is 16.4. The Bertz CT molecular complexity index is 718. The second-order valence-electron chi connectivity index (χ2n) is 7.19. The monoisotopic (exact) mass is 323 g/mol. The third-order valence-electron chi connectivity index (χ3n) is 5.47. The first kappa shape index (κ1) is 15.4. The van der Waals surface area contributed by atoms with Crippen molar-refractivity contribution in [3.8, 4) is 0 Å². The first-order chi connectivity index (χ1) is 11.8. The van der Waals surface area contributed by atoms with E-state index >= 15 is 0 Å². The maximum atomic E-state index is 12.1. The van der Waals surface area contributed by atoms with Crippen molar-refractivity contribution in [2.24, 2.45) is 5.92 Å². The molecule has 1 saturated carbocycles. The Balaban J connectivity index is 1.32. The highest BCUT2D eigenvalue weighted by atomic mass is 16.1. The molecule has 2 heterocycles. The van der Waals surface area contributed by atoms with Crippen LogP contribution in [0, 0.1) is 5.92 Å². The molecule has 1 aromatic heterocycles. The SMILES string of the molecule is O=C(CC1CCN(c2ccc3ccccc3n2)CC1)NC1CCC1. The normalized spacial score (nSPS) is 19.2. The Morgan fingerprint density at radius 3 is 2.62 bits per heavy atom. The molecule has 1 aromatic carbocycles. The molecule has 2 fully saturated rings. The van der Waals surface area contributed by atoms with Crippen molar-refractivity contribution in [1.29, 1.82) is 0 Å². The van der Waals surface area contributed by atoms with Crippen molar-refractivity contribution in [2.45, 2.75) is 44.6 Å². The van der Waals surface area contributed by atoms with Gasteiger partial charge in [0.2, 0.25) is 5.91 Å². The van der Waals surface area contributed by atoms with Crippen LogP contribution in [0.1, 0.15) is 38.5 Å². The molecular formula is C20H25N3O. The Morgan fingerprint density at radius 1 is 1.08 bits per heavy atom. The van der Waals surface area contributed by atoms with E-state index < -0.39 is 0 Å². The lowest BCUT2D eigenvalue weighted by Crippen LogP contribution is -2.41. The maximum Gasteiger partial charge on any atom is 0.220 e. The minimum Gasteiger partial charge on any atom is -0.357 e. The fraction of sp³-hybridized carbons (Fsp3) is 0.500. The highest BCUT2D eigenvalue weighted by molar-refractivity contribution is 5.80. The lowest BCUT2D eigenvalue weighted by atomic mass is 9.90. The van der Waals surface area contributed by atoms with E-state index in [2.05, 4.69) is 34.5 Å². The van der Waals surface area contributed by atoms with Crippen molar-refractivity contribution in [2.75, 3.05) is 18.0 Å². The highest BCUT2D eigenvalue weighted by Crippen LogP contribution is 2.26. The van der Waals surface area contributed by atoms with Crippen molar-refractivity contribution in [3.05, 3.63) is 36.4 Å². The summed E-state index contributed by atoms with van der Waals surface area (Å²) in [6.07, 6.45) is 6.44. The summed E-state index contributed by atoms with van der Waals surface area (Å²) < 4.78 is 0. The van der Waals surface area contributed by atoms with Crippen LogP contribution in [-0.4, -0.2) is 30.0 Å². The molecule has 0 bridgehead atoms. The minimum atomic E-state index is 0.252. The second kappa shape index (κ2) is 6.80. The number of carbonyl (C=O) groups excluding carboxylic acids is 1. The van der Waals surface area contributed by atoms with Gasteiger partial charge in [0.15, 0.2) is 0 Å². The van der Waals surface area contributed by atoms with Gasteiger partial charge in [-0.1, -0.05) is 18.2 Å². The average molecular weight is 323 g/mol. The Kier molecular flexibility index (Phi) is 4.37. The van der Waals surface area contributed by atoms with Crippen LogP contribution in [0.4, 0.5) is 5.82 Å². The summed E-state index contributed by atoms with van der Waals surface area (Å²) in [6.45, 7) is 1.99. The molecule has 4 heteroatoms. The van der Waals surface area contributed by atoms with E-state index in [9.17, 15) is 4.79 Å². The van der Waals surface area contributed by atoms with Gasteiger partial charge in [-0.3, -0.25) is 4.79 Å². The van der Waals surface area contributed by atoms with Crippen LogP contribution in [0.15, 0.2) is 36.4 Å². The van der Waals surface area contributed by atoms with Crippen LogP contribution in [-0.2, 0) is 4.79 Å². The molecule has 1 N–H and O–H groups in total. The highest BCUT2D eigenvalue weighted by Gasteiger charge is 2.25. The van der Waals surface area contributed by atoms with Gasteiger partial charge in [-0.2, -0.15) is 0 Å². The largest absolute Gasteiger partial charge is 0.357 e. The van der Waals surface area contributed by atoms with E-state index in [0.717, 1.165) is 50.1 Å². The van der Waals surface area contributed by atoms with Crippen molar-refractivity contribution < 1.29 is 4.79 Å². The Labute approximate surface area is 143 Å². The number of piperidine rings is 1. The first-order valence-electron chi connectivity index (χ1n) is 9.18. The number of carbonyl (C=O) groups is 1. The molecule has 0 radical (unpaired) electrons. The zero-order valence-corrected chi connectivity index (χ0v) is 14.1. The third-order valence-corrected chi connectivity index (χ3v) is 5.47. The molecular weight excluding hydrogens is 298 g/mol. The number of hydrogen-bond acceptors (Lipinski definition) is 3. The van der Waals surface area contributed by atoms with Gasteiger partial charge in [0.1, 0.15) is 5.82 Å². The number of rotatable bonds is 4. The predicted molar refractivity (Wildman–Crippen MR) is 97.1 cm³/mol. The molecule has 1 aliphatic heterocycles. The number of para-hydroxylation sites is 1. The summed E-state index contributed by atoms with van der Waals surface area (Å²) >= 11 is 0. The molecule has 0 unspecified atom stereocenters. The van der Waals surface area contributed by atoms with Crippen LogP contribution in [0.25, 0.3) is 10.9 Å². The summed E-state index contributed by atoms with van der Waals surface area (Å²) in [5.41, 5.74) is 1.05. The first-order valence-corrected chi connectivity index (χ1v) is 9.18. The van der Waals surface area contributed by atoms with E-state index in [1.807, 2.05) is 12.1 Å². The second-order valence-corrected chi connectivity index (χ2v) is 7.19. The van der Waals surface area contributed by atoms with Gasteiger partial charge in [-0.25, -0.2) is 4.98 Å². The van der Waals surface area contributed by atoms with E-state index in [4.69, 9.17) is 4.98 Å². The van der Waals surface area contributed by atoms with Gasteiger partial charge < -0.3 is 10.2 Å². The number of fused-ring (bicyclic) bond motifs is 1. The van der Waals surface area contributed by atoms with Crippen molar-refractivity contribution in [3.63, 3.8) is 0 Å².